The summed E-state index contributed by atoms with van der Waals surface area (Å²) in [6, 6.07) is 11.0. The second kappa shape index (κ2) is 5.98. The minimum atomic E-state index is 0.141. The molecule has 3 aromatic rings. The number of halogens is 3. The van der Waals surface area contributed by atoms with Gasteiger partial charge in [0, 0.05) is 18.0 Å². The Labute approximate surface area is 136 Å². The summed E-state index contributed by atoms with van der Waals surface area (Å²) in [5.74, 6) is 0. The number of pyridine rings is 3. The molecular weight excluding hydrogens is 329 g/mol. The zero-order valence-corrected chi connectivity index (χ0v) is 12.9. The second-order valence-corrected chi connectivity index (χ2v) is 5.30. The Morgan fingerprint density at radius 1 is 0.714 bits per heavy atom. The fourth-order valence-corrected chi connectivity index (χ4v) is 2.58. The number of aromatic nitrogens is 3. The number of rotatable bonds is 2. The highest BCUT2D eigenvalue weighted by atomic mass is 35.5. The Bertz CT molecular complexity index is 777. The molecule has 0 N–H and O–H groups in total. The van der Waals surface area contributed by atoms with E-state index in [9.17, 15) is 0 Å². The van der Waals surface area contributed by atoms with Gasteiger partial charge in [0.05, 0.1) is 21.4 Å². The second-order valence-electron chi connectivity index (χ2n) is 4.18. The first kappa shape index (κ1) is 14.3. The van der Waals surface area contributed by atoms with E-state index in [1.54, 1.807) is 12.4 Å². The van der Waals surface area contributed by atoms with Crippen LogP contribution in [0.5, 0.6) is 0 Å². The van der Waals surface area contributed by atoms with E-state index in [0.717, 1.165) is 0 Å². The van der Waals surface area contributed by atoms with Crippen molar-refractivity contribution in [2.24, 2.45) is 0 Å². The highest BCUT2D eigenvalue weighted by Crippen LogP contribution is 2.41. The highest BCUT2D eigenvalue weighted by molar-refractivity contribution is 6.49. The molecule has 3 heterocycles. The molecule has 0 radical (unpaired) electrons. The maximum absolute atomic E-state index is 6.36. The standard InChI is InChI=1S/C15H8Cl3N3/c16-12-11(9-5-1-3-7-19-9)14(21-15(18)13(12)17)10-6-2-4-8-20-10/h1-8H. The van der Waals surface area contributed by atoms with Crippen molar-refractivity contribution in [2.45, 2.75) is 0 Å². The zero-order valence-electron chi connectivity index (χ0n) is 10.6. The van der Waals surface area contributed by atoms with Gasteiger partial charge < -0.3 is 0 Å². The molecule has 0 spiro atoms. The van der Waals surface area contributed by atoms with E-state index in [-0.39, 0.29) is 10.2 Å². The fraction of sp³-hybridized carbons (Fsp3) is 0. The first-order chi connectivity index (χ1) is 10.2. The molecule has 0 saturated heterocycles. The van der Waals surface area contributed by atoms with Crippen molar-refractivity contribution in [3.8, 4) is 22.6 Å². The molecule has 0 unspecified atom stereocenters. The molecule has 0 bridgehead atoms. The molecular formula is C15H8Cl3N3. The SMILES string of the molecule is Clc1nc(-c2ccccn2)c(-c2ccccn2)c(Cl)c1Cl. The van der Waals surface area contributed by atoms with Crippen LogP contribution in [-0.4, -0.2) is 15.0 Å². The lowest BCUT2D eigenvalue weighted by atomic mass is 10.1. The molecule has 6 heteroatoms. The summed E-state index contributed by atoms with van der Waals surface area (Å²) >= 11 is 18.5. The molecule has 0 aromatic carbocycles. The third-order valence-corrected chi connectivity index (χ3v) is 4.08. The van der Waals surface area contributed by atoms with Gasteiger partial charge in [-0.25, -0.2) is 4.98 Å². The number of nitrogens with zero attached hydrogens (tertiary/aromatic N) is 3. The van der Waals surface area contributed by atoms with Gasteiger partial charge in [-0.3, -0.25) is 9.97 Å². The number of hydrogen-bond donors (Lipinski definition) is 0. The van der Waals surface area contributed by atoms with Gasteiger partial charge in [-0.05, 0) is 24.3 Å². The highest BCUT2D eigenvalue weighted by Gasteiger charge is 2.20. The van der Waals surface area contributed by atoms with Crippen LogP contribution in [0.15, 0.2) is 48.8 Å². The Morgan fingerprint density at radius 3 is 1.90 bits per heavy atom. The van der Waals surface area contributed by atoms with E-state index in [0.29, 0.717) is 27.7 Å². The smallest absolute Gasteiger partial charge is 0.149 e. The minimum Gasteiger partial charge on any atom is -0.256 e. The molecule has 0 amide bonds. The van der Waals surface area contributed by atoms with Gasteiger partial charge in [-0.15, -0.1) is 0 Å². The lowest BCUT2D eigenvalue weighted by Crippen LogP contribution is -1.96. The predicted octanol–water partition coefficient (Wildman–Crippen LogP) is 5.17. The molecule has 104 valence electrons. The lowest BCUT2D eigenvalue weighted by molar-refractivity contribution is 1.23. The van der Waals surface area contributed by atoms with Crippen LogP contribution >= 0.6 is 34.8 Å². The van der Waals surface area contributed by atoms with Crippen LogP contribution in [0.1, 0.15) is 0 Å². The van der Waals surface area contributed by atoms with Crippen LogP contribution < -0.4 is 0 Å². The first-order valence-electron chi connectivity index (χ1n) is 6.06. The summed E-state index contributed by atoms with van der Waals surface area (Å²) in [7, 11) is 0. The molecule has 0 aliphatic carbocycles. The summed E-state index contributed by atoms with van der Waals surface area (Å²) in [4.78, 5) is 12.9. The summed E-state index contributed by atoms with van der Waals surface area (Å²) in [5.41, 5.74) is 2.48. The third-order valence-electron chi connectivity index (χ3n) is 2.87. The molecule has 0 fully saturated rings. The molecule has 0 aliphatic heterocycles. The molecule has 21 heavy (non-hydrogen) atoms. The van der Waals surface area contributed by atoms with Gasteiger partial charge in [0.2, 0.25) is 0 Å². The van der Waals surface area contributed by atoms with E-state index < -0.39 is 0 Å². The van der Waals surface area contributed by atoms with Gasteiger partial charge in [0.25, 0.3) is 0 Å². The van der Waals surface area contributed by atoms with Crippen molar-refractivity contribution in [1.82, 2.24) is 15.0 Å². The quantitative estimate of drug-likeness (QED) is 0.606. The van der Waals surface area contributed by atoms with Gasteiger partial charge in [0.1, 0.15) is 10.8 Å². The van der Waals surface area contributed by atoms with E-state index in [1.165, 1.54) is 0 Å². The molecule has 0 aliphatic rings. The third kappa shape index (κ3) is 2.72. The Morgan fingerprint density at radius 2 is 1.33 bits per heavy atom. The van der Waals surface area contributed by atoms with E-state index in [2.05, 4.69) is 15.0 Å². The number of hydrogen-bond acceptors (Lipinski definition) is 3. The van der Waals surface area contributed by atoms with E-state index in [1.807, 2.05) is 36.4 Å². The Balaban J connectivity index is 2.34. The van der Waals surface area contributed by atoms with E-state index in [4.69, 9.17) is 34.8 Å². The van der Waals surface area contributed by atoms with Crippen LogP contribution in [0.3, 0.4) is 0 Å². The molecule has 0 saturated carbocycles. The van der Waals surface area contributed by atoms with Gasteiger partial charge in [-0.2, -0.15) is 0 Å². The lowest BCUT2D eigenvalue weighted by Gasteiger charge is -2.12. The van der Waals surface area contributed by atoms with Gasteiger partial charge >= 0.3 is 0 Å². The van der Waals surface area contributed by atoms with Crippen LogP contribution in [0.4, 0.5) is 0 Å². The van der Waals surface area contributed by atoms with Crippen LogP contribution in [0.2, 0.25) is 15.2 Å². The maximum Gasteiger partial charge on any atom is 0.149 e. The zero-order chi connectivity index (χ0) is 14.8. The van der Waals surface area contributed by atoms with Crippen molar-refractivity contribution in [3.63, 3.8) is 0 Å². The van der Waals surface area contributed by atoms with Crippen molar-refractivity contribution < 1.29 is 0 Å². The molecule has 3 rings (SSSR count). The molecule has 0 atom stereocenters. The Kier molecular flexibility index (Phi) is 4.06. The average molecular weight is 337 g/mol. The first-order valence-corrected chi connectivity index (χ1v) is 7.19. The largest absolute Gasteiger partial charge is 0.256 e. The van der Waals surface area contributed by atoms with Crippen molar-refractivity contribution in [1.29, 1.82) is 0 Å². The van der Waals surface area contributed by atoms with Gasteiger partial charge in [-0.1, -0.05) is 46.9 Å². The van der Waals surface area contributed by atoms with Crippen LogP contribution in [0.25, 0.3) is 22.6 Å². The van der Waals surface area contributed by atoms with Crippen molar-refractivity contribution in [2.75, 3.05) is 0 Å². The topological polar surface area (TPSA) is 38.7 Å². The molecule has 3 nitrogen and oxygen atoms in total. The maximum atomic E-state index is 6.36. The summed E-state index contributed by atoms with van der Waals surface area (Å²) in [6.07, 6.45) is 3.35. The summed E-state index contributed by atoms with van der Waals surface area (Å²) in [6.45, 7) is 0. The molecule has 3 aromatic heterocycles. The van der Waals surface area contributed by atoms with Crippen molar-refractivity contribution >= 4 is 34.8 Å². The van der Waals surface area contributed by atoms with Crippen LogP contribution in [0, 0.1) is 0 Å². The van der Waals surface area contributed by atoms with Crippen molar-refractivity contribution in [3.05, 3.63) is 64.0 Å². The monoisotopic (exact) mass is 335 g/mol. The average Bonchev–Trinajstić information content (AvgIpc) is 2.54. The minimum absolute atomic E-state index is 0.141. The predicted molar refractivity (Wildman–Crippen MR) is 85.7 cm³/mol. The summed E-state index contributed by atoms with van der Waals surface area (Å²) in [5, 5.41) is 0.664. The normalized spacial score (nSPS) is 10.6. The van der Waals surface area contributed by atoms with Crippen LogP contribution in [-0.2, 0) is 0 Å². The fourth-order valence-electron chi connectivity index (χ4n) is 1.94. The Hall–Kier alpha value is -1.68. The van der Waals surface area contributed by atoms with Gasteiger partial charge in [0.15, 0.2) is 0 Å². The van der Waals surface area contributed by atoms with E-state index >= 15 is 0 Å². The summed E-state index contributed by atoms with van der Waals surface area (Å²) < 4.78 is 0.